The number of halogens is 1. The molecule has 0 radical (unpaired) electrons. The van der Waals surface area contributed by atoms with Crippen LogP contribution < -0.4 is 0 Å². The molecule has 0 saturated heterocycles. The molecule has 0 fully saturated rings. The molecule has 3 heteroatoms. The molecule has 74 valence electrons. The van der Waals surface area contributed by atoms with E-state index in [0.29, 0.717) is 6.61 Å². The third-order valence-electron chi connectivity index (χ3n) is 2.21. The highest BCUT2D eigenvalue weighted by atomic mass is 79.9. The summed E-state index contributed by atoms with van der Waals surface area (Å²) in [5, 5.41) is 1.23. The van der Waals surface area contributed by atoms with Gasteiger partial charge in [-0.05, 0) is 28.9 Å². The zero-order valence-electron chi connectivity index (χ0n) is 8.01. The Bertz CT molecular complexity index is 436. The Morgan fingerprint density at radius 3 is 3.07 bits per heavy atom. The van der Waals surface area contributed by atoms with E-state index in [2.05, 4.69) is 27.0 Å². The predicted molar refractivity (Wildman–Crippen MR) is 61.3 cm³/mol. The molecule has 2 rings (SSSR count). The first kappa shape index (κ1) is 9.74. The molecule has 0 spiro atoms. The molecule has 0 atom stereocenters. The maximum absolute atomic E-state index is 5.39. The first-order valence-electron chi connectivity index (χ1n) is 4.65. The summed E-state index contributed by atoms with van der Waals surface area (Å²) in [6.07, 6.45) is 2.01. The molecule has 14 heavy (non-hydrogen) atoms. The second-order valence-corrected chi connectivity index (χ2v) is 3.97. The molecular formula is C11H12BrNO. The molecule has 0 amide bonds. The summed E-state index contributed by atoms with van der Waals surface area (Å²) in [6, 6.07) is 6.17. The Balaban J connectivity index is 2.42. The van der Waals surface area contributed by atoms with Gasteiger partial charge in [0, 0.05) is 28.2 Å². The van der Waals surface area contributed by atoms with E-state index >= 15 is 0 Å². The van der Waals surface area contributed by atoms with Crippen molar-refractivity contribution in [2.45, 2.75) is 13.5 Å². The highest BCUT2D eigenvalue weighted by molar-refractivity contribution is 9.10. The second-order valence-electron chi connectivity index (χ2n) is 3.11. The molecule has 1 heterocycles. The normalized spacial score (nSPS) is 11.0. The summed E-state index contributed by atoms with van der Waals surface area (Å²) in [6.45, 7) is 3.43. The van der Waals surface area contributed by atoms with Crippen LogP contribution in [0.4, 0.5) is 0 Å². The largest absolute Gasteiger partial charge is 0.377 e. The Morgan fingerprint density at radius 2 is 2.29 bits per heavy atom. The van der Waals surface area contributed by atoms with Gasteiger partial charge in [-0.1, -0.05) is 12.1 Å². The van der Waals surface area contributed by atoms with Crippen molar-refractivity contribution >= 4 is 26.8 Å². The van der Waals surface area contributed by atoms with Crippen LogP contribution in [0.25, 0.3) is 10.9 Å². The van der Waals surface area contributed by atoms with Gasteiger partial charge in [0.05, 0.1) is 12.1 Å². The third kappa shape index (κ3) is 1.70. The van der Waals surface area contributed by atoms with Gasteiger partial charge in [0.2, 0.25) is 0 Å². The number of H-pyrrole nitrogens is 1. The molecule has 1 aromatic carbocycles. The van der Waals surface area contributed by atoms with Crippen molar-refractivity contribution in [3.63, 3.8) is 0 Å². The number of benzene rings is 1. The van der Waals surface area contributed by atoms with E-state index in [1.165, 1.54) is 10.9 Å². The molecule has 0 aliphatic carbocycles. The lowest BCUT2D eigenvalue weighted by Gasteiger charge is -1.99. The van der Waals surface area contributed by atoms with E-state index in [1.54, 1.807) is 0 Å². The topological polar surface area (TPSA) is 25.0 Å². The van der Waals surface area contributed by atoms with Gasteiger partial charge in [0.25, 0.3) is 0 Å². The summed E-state index contributed by atoms with van der Waals surface area (Å²) in [7, 11) is 0. The molecule has 1 N–H and O–H groups in total. The Kier molecular flexibility index (Phi) is 2.89. The Labute approximate surface area is 91.4 Å². The van der Waals surface area contributed by atoms with E-state index in [9.17, 15) is 0 Å². The van der Waals surface area contributed by atoms with Crippen molar-refractivity contribution in [3.8, 4) is 0 Å². The second kappa shape index (κ2) is 4.15. The lowest BCUT2D eigenvalue weighted by molar-refractivity contribution is 0.135. The van der Waals surface area contributed by atoms with Crippen LogP contribution in [0, 0.1) is 0 Å². The van der Waals surface area contributed by atoms with Crippen molar-refractivity contribution in [3.05, 3.63) is 34.4 Å². The number of rotatable bonds is 3. The summed E-state index contributed by atoms with van der Waals surface area (Å²) in [4.78, 5) is 3.24. The quantitative estimate of drug-likeness (QED) is 0.891. The zero-order valence-corrected chi connectivity index (χ0v) is 9.60. The minimum absolute atomic E-state index is 0.674. The standard InChI is InChI=1S/C11H12BrNO/c1-2-14-7-8-6-13-11-9(8)4-3-5-10(11)12/h3-6,13H,2,7H2,1H3. The van der Waals surface area contributed by atoms with Crippen LogP contribution >= 0.6 is 15.9 Å². The van der Waals surface area contributed by atoms with Crippen LogP contribution in [0.2, 0.25) is 0 Å². The average molecular weight is 254 g/mol. The summed E-state index contributed by atoms with van der Waals surface area (Å²) in [5.74, 6) is 0. The molecule has 2 nitrogen and oxygen atoms in total. The number of hydrogen-bond donors (Lipinski definition) is 1. The molecule has 0 unspecified atom stereocenters. The smallest absolute Gasteiger partial charge is 0.0737 e. The van der Waals surface area contributed by atoms with Crippen LogP contribution in [-0.4, -0.2) is 11.6 Å². The zero-order chi connectivity index (χ0) is 9.97. The highest BCUT2D eigenvalue weighted by Crippen LogP contribution is 2.25. The van der Waals surface area contributed by atoms with Gasteiger partial charge in [0.1, 0.15) is 0 Å². The number of nitrogens with one attached hydrogen (secondary N) is 1. The van der Waals surface area contributed by atoms with E-state index in [0.717, 1.165) is 16.6 Å². The fourth-order valence-corrected chi connectivity index (χ4v) is 1.99. The maximum atomic E-state index is 5.39. The number of hydrogen-bond acceptors (Lipinski definition) is 1. The summed E-state index contributed by atoms with van der Waals surface area (Å²) < 4.78 is 6.49. The lowest BCUT2D eigenvalue weighted by Crippen LogP contribution is -1.89. The van der Waals surface area contributed by atoms with Gasteiger partial charge in [-0.15, -0.1) is 0 Å². The monoisotopic (exact) mass is 253 g/mol. The molecule has 0 aliphatic heterocycles. The molecule has 0 aliphatic rings. The molecular weight excluding hydrogens is 242 g/mol. The Hall–Kier alpha value is -0.800. The number of para-hydroxylation sites is 1. The van der Waals surface area contributed by atoms with Crippen LogP contribution in [0.1, 0.15) is 12.5 Å². The SMILES string of the molecule is CCOCc1c[nH]c2c(Br)cccc12. The van der Waals surface area contributed by atoms with Crippen LogP contribution in [-0.2, 0) is 11.3 Å². The summed E-state index contributed by atoms with van der Waals surface area (Å²) in [5.41, 5.74) is 2.35. The van der Waals surface area contributed by atoms with E-state index in [4.69, 9.17) is 4.74 Å². The van der Waals surface area contributed by atoms with Gasteiger partial charge in [-0.3, -0.25) is 0 Å². The van der Waals surface area contributed by atoms with Crippen LogP contribution in [0.5, 0.6) is 0 Å². The molecule has 1 aromatic heterocycles. The molecule has 0 saturated carbocycles. The van der Waals surface area contributed by atoms with Crippen LogP contribution in [0.15, 0.2) is 28.9 Å². The number of ether oxygens (including phenoxy) is 1. The van der Waals surface area contributed by atoms with Crippen molar-refractivity contribution in [2.75, 3.05) is 6.61 Å². The van der Waals surface area contributed by atoms with Crippen LogP contribution in [0.3, 0.4) is 0 Å². The van der Waals surface area contributed by atoms with E-state index in [1.807, 2.05) is 25.3 Å². The number of aromatic amines is 1. The Morgan fingerprint density at radius 1 is 1.43 bits per heavy atom. The molecule has 2 aromatic rings. The minimum atomic E-state index is 0.674. The van der Waals surface area contributed by atoms with Crippen molar-refractivity contribution in [1.29, 1.82) is 0 Å². The van der Waals surface area contributed by atoms with Gasteiger partial charge in [-0.2, -0.15) is 0 Å². The first-order chi connectivity index (χ1) is 6.83. The van der Waals surface area contributed by atoms with E-state index < -0.39 is 0 Å². The maximum Gasteiger partial charge on any atom is 0.0737 e. The van der Waals surface area contributed by atoms with Crippen molar-refractivity contribution in [1.82, 2.24) is 4.98 Å². The van der Waals surface area contributed by atoms with Gasteiger partial charge >= 0.3 is 0 Å². The van der Waals surface area contributed by atoms with Gasteiger partial charge in [-0.25, -0.2) is 0 Å². The predicted octanol–water partition coefficient (Wildman–Crippen LogP) is 3.47. The number of fused-ring (bicyclic) bond motifs is 1. The average Bonchev–Trinajstić information content (AvgIpc) is 2.60. The van der Waals surface area contributed by atoms with Gasteiger partial charge in [0.15, 0.2) is 0 Å². The third-order valence-corrected chi connectivity index (χ3v) is 2.87. The lowest BCUT2D eigenvalue weighted by atomic mass is 10.2. The minimum Gasteiger partial charge on any atom is -0.377 e. The fourth-order valence-electron chi connectivity index (χ4n) is 1.51. The van der Waals surface area contributed by atoms with Crippen molar-refractivity contribution in [2.24, 2.45) is 0 Å². The highest BCUT2D eigenvalue weighted by Gasteiger charge is 2.04. The number of aromatic nitrogens is 1. The van der Waals surface area contributed by atoms with Gasteiger partial charge < -0.3 is 9.72 Å². The summed E-state index contributed by atoms with van der Waals surface area (Å²) >= 11 is 3.51. The molecule has 0 bridgehead atoms. The van der Waals surface area contributed by atoms with E-state index in [-0.39, 0.29) is 0 Å². The fraction of sp³-hybridized carbons (Fsp3) is 0.273. The first-order valence-corrected chi connectivity index (χ1v) is 5.44. The van der Waals surface area contributed by atoms with Crippen molar-refractivity contribution < 1.29 is 4.74 Å².